The summed E-state index contributed by atoms with van der Waals surface area (Å²) >= 11 is 5.74. The summed E-state index contributed by atoms with van der Waals surface area (Å²) in [6.45, 7) is 7.25. The van der Waals surface area contributed by atoms with Crippen LogP contribution in [0.4, 0.5) is 4.39 Å². The van der Waals surface area contributed by atoms with Gasteiger partial charge in [0.15, 0.2) is 0 Å². The minimum atomic E-state index is -0.268. The van der Waals surface area contributed by atoms with Crippen molar-refractivity contribution in [3.05, 3.63) is 34.6 Å². The van der Waals surface area contributed by atoms with Crippen LogP contribution in [0.5, 0.6) is 0 Å². The Balaban J connectivity index is 2.56. The van der Waals surface area contributed by atoms with Crippen LogP contribution in [0.25, 0.3) is 0 Å². The van der Waals surface area contributed by atoms with Gasteiger partial charge >= 0.3 is 0 Å². The fourth-order valence-electron chi connectivity index (χ4n) is 2.08. The van der Waals surface area contributed by atoms with E-state index >= 15 is 0 Å². The molecule has 1 rings (SSSR count). The summed E-state index contributed by atoms with van der Waals surface area (Å²) in [5.41, 5.74) is 3.41. The molecule has 0 bridgehead atoms. The molecule has 0 saturated carbocycles. The Morgan fingerprint density at radius 2 is 2.05 bits per heavy atom. The average molecular weight is 288 g/mol. The highest BCUT2D eigenvalue weighted by molar-refractivity contribution is 6.30. The van der Waals surface area contributed by atoms with Crippen molar-refractivity contribution in [3.8, 4) is 0 Å². The zero-order chi connectivity index (χ0) is 14.3. The third-order valence-electron chi connectivity index (χ3n) is 3.41. The second-order valence-corrected chi connectivity index (χ2v) is 5.06. The molecule has 0 aromatic heterocycles. The second-order valence-electron chi connectivity index (χ2n) is 4.62. The van der Waals surface area contributed by atoms with E-state index in [1.807, 2.05) is 0 Å². The number of nitrogens with zero attached hydrogens (tertiary/aromatic N) is 1. The minimum Gasteiger partial charge on any atom is -0.304 e. The van der Waals surface area contributed by atoms with Gasteiger partial charge in [0.05, 0.1) is 0 Å². The Morgan fingerprint density at radius 3 is 2.58 bits per heavy atom. The van der Waals surface area contributed by atoms with Gasteiger partial charge in [-0.3, -0.25) is 11.3 Å². The van der Waals surface area contributed by atoms with Crippen molar-refractivity contribution >= 4 is 11.6 Å². The van der Waals surface area contributed by atoms with Crippen molar-refractivity contribution in [2.24, 2.45) is 5.84 Å². The molecule has 0 aliphatic carbocycles. The van der Waals surface area contributed by atoms with Crippen molar-refractivity contribution in [1.29, 1.82) is 0 Å². The van der Waals surface area contributed by atoms with Crippen molar-refractivity contribution in [1.82, 2.24) is 10.3 Å². The molecule has 108 valence electrons. The normalized spacial score (nSPS) is 12.9. The number of benzene rings is 1. The van der Waals surface area contributed by atoms with Crippen LogP contribution >= 0.6 is 11.6 Å². The monoisotopic (exact) mass is 287 g/mol. The van der Waals surface area contributed by atoms with Gasteiger partial charge in [0, 0.05) is 11.1 Å². The lowest BCUT2D eigenvalue weighted by Crippen LogP contribution is -2.40. The molecule has 0 aliphatic heterocycles. The van der Waals surface area contributed by atoms with Crippen molar-refractivity contribution in [2.75, 3.05) is 19.6 Å². The molecule has 0 heterocycles. The van der Waals surface area contributed by atoms with Gasteiger partial charge in [-0.25, -0.2) is 4.39 Å². The zero-order valence-electron chi connectivity index (χ0n) is 11.6. The van der Waals surface area contributed by atoms with Crippen LogP contribution in [0.2, 0.25) is 5.02 Å². The summed E-state index contributed by atoms with van der Waals surface area (Å²) in [7, 11) is 0. The van der Waals surface area contributed by atoms with Gasteiger partial charge < -0.3 is 4.90 Å². The van der Waals surface area contributed by atoms with E-state index in [1.165, 1.54) is 6.07 Å². The molecule has 0 fully saturated rings. The minimum absolute atomic E-state index is 0.0660. The molecular formula is C14H23ClFN3. The number of nitrogens with two attached hydrogens (primary N) is 1. The van der Waals surface area contributed by atoms with Crippen LogP contribution in [-0.2, 0) is 6.42 Å². The molecule has 0 saturated heterocycles. The van der Waals surface area contributed by atoms with E-state index in [9.17, 15) is 4.39 Å². The number of nitrogens with one attached hydrogen (secondary N) is 1. The molecule has 3 N–H and O–H groups in total. The predicted molar refractivity (Wildman–Crippen MR) is 78.6 cm³/mol. The van der Waals surface area contributed by atoms with Crippen LogP contribution in [0, 0.1) is 5.82 Å². The van der Waals surface area contributed by atoms with Crippen molar-refractivity contribution in [3.63, 3.8) is 0 Å². The Bertz CT molecular complexity index is 383. The van der Waals surface area contributed by atoms with E-state index in [1.54, 1.807) is 12.1 Å². The number of hydrazine groups is 1. The third kappa shape index (κ3) is 5.45. The molecule has 3 nitrogen and oxygen atoms in total. The molecule has 0 amide bonds. The van der Waals surface area contributed by atoms with Gasteiger partial charge in [-0.15, -0.1) is 0 Å². The summed E-state index contributed by atoms with van der Waals surface area (Å²) in [5.74, 6) is 5.28. The highest BCUT2D eigenvalue weighted by atomic mass is 35.5. The Hall–Kier alpha value is -0.680. The molecule has 1 aromatic rings. The standard InChI is InChI=1S/C14H23ClFN3/c1-3-19(4-2)8-7-13(18-17)9-11-5-6-12(15)10-14(11)16/h5-6,10,13,18H,3-4,7-9,17H2,1-2H3. The summed E-state index contributed by atoms with van der Waals surface area (Å²) in [5, 5.41) is 0.418. The number of rotatable bonds is 8. The average Bonchev–Trinajstić information content (AvgIpc) is 2.41. The molecule has 19 heavy (non-hydrogen) atoms. The fraction of sp³-hybridized carbons (Fsp3) is 0.571. The molecular weight excluding hydrogens is 265 g/mol. The van der Waals surface area contributed by atoms with Gasteiger partial charge in [-0.1, -0.05) is 31.5 Å². The van der Waals surface area contributed by atoms with E-state index in [0.717, 1.165) is 26.1 Å². The zero-order valence-corrected chi connectivity index (χ0v) is 12.4. The lowest BCUT2D eigenvalue weighted by Gasteiger charge is -2.22. The predicted octanol–water partition coefficient (Wildman–Crippen LogP) is 2.59. The molecule has 0 spiro atoms. The SMILES string of the molecule is CCN(CC)CCC(Cc1ccc(Cl)cc1F)NN. The Kier molecular flexibility index (Phi) is 7.31. The van der Waals surface area contributed by atoms with Gasteiger partial charge in [0.25, 0.3) is 0 Å². The number of hydrogen-bond donors (Lipinski definition) is 2. The first-order chi connectivity index (χ1) is 9.10. The quantitative estimate of drug-likeness (QED) is 0.570. The third-order valence-corrected chi connectivity index (χ3v) is 3.64. The smallest absolute Gasteiger partial charge is 0.127 e. The highest BCUT2D eigenvalue weighted by Gasteiger charge is 2.12. The van der Waals surface area contributed by atoms with Crippen LogP contribution in [0.3, 0.4) is 0 Å². The van der Waals surface area contributed by atoms with E-state index in [2.05, 4.69) is 24.2 Å². The van der Waals surface area contributed by atoms with Gasteiger partial charge in [-0.05, 0) is 50.2 Å². The van der Waals surface area contributed by atoms with E-state index in [-0.39, 0.29) is 11.9 Å². The maximum atomic E-state index is 13.7. The van der Waals surface area contributed by atoms with Crippen LogP contribution in [0.15, 0.2) is 18.2 Å². The van der Waals surface area contributed by atoms with E-state index in [0.29, 0.717) is 17.0 Å². The topological polar surface area (TPSA) is 41.3 Å². The lowest BCUT2D eigenvalue weighted by molar-refractivity contribution is 0.280. The second kappa shape index (κ2) is 8.48. The van der Waals surface area contributed by atoms with Crippen molar-refractivity contribution in [2.45, 2.75) is 32.7 Å². The van der Waals surface area contributed by atoms with Crippen LogP contribution in [-0.4, -0.2) is 30.6 Å². The fourth-order valence-corrected chi connectivity index (χ4v) is 2.23. The Labute approximate surface area is 119 Å². The maximum Gasteiger partial charge on any atom is 0.127 e. The number of hydrogen-bond acceptors (Lipinski definition) is 3. The van der Waals surface area contributed by atoms with Gasteiger partial charge in [0.2, 0.25) is 0 Å². The molecule has 5 heteroatoms. The van der Waals surface area contributed by atoms with Crippen molar-refractivity contribution < 1.29 is 4.39 Å². The number of halogens is 2. The molecule has 1 aromatic carbocycles. The Morgan fingerprint density at radius 1 is 1.37 bits per heavy atom. The maximum absolute atomic E-state index is 13.7. The van der Waals surface area contributed by atoms with Crippen LogP contribution < -0.4 is 11.3 Å². The summed E-state index contributed by atoms with van der Waals surface area (Å²) in [6.07, 6.45) is 1.46. The first kappa shape index (κ1) is 16.4. The lowest BCUT2D eigenvalue weighted by atomic mass is 10.0. The molecule has 0 radical (unpaired) electrons. The summed E-state index contributed by atoms with van der Waals surface area (Å²) in [4.78, 5) is 2.32. The summed E-state index contributed by atoms with van der Waals surface area (Å²) < 4.78 is 13.7. The molecule has 0 aliphatic rings. The molecule has 1 atom stereocenters. The highest BCUT2D eigenvalue weighted by Crippen LogP contribution is 2.16. The van der Waals surface area contributed by atoms with Gasteiger partial charge in [-0.2, -0.15) is 0 Å². The van der Waals surface area contributed by atoms with E-state index in [4.69, 9.17) is 17.4 Å². The largest absolute Gasteiger partial charge is 0.304 e. The summed E-state index contributed by atoms with van der Waals surface area (Å²) in [6, 6.07) is 4.84. The van der Waals surface area contributed by atoms with Crippen LogP contribution in [0.1, 0.15) is 25.8 Å². The van der Waals surface area contributed by atoms with E-state index < -0.39 is 0 Å². The first-order valence-corrected chi connectivity index (χ1v) is 7.10. The molecule has 1 unspecified atom stereocenters. The van der Waals surface area contributed by atoms with Gasteiger partial charge in [0.1, 0.15) is 5.82 Å². The first-order valence-electron chi connectivity index (χ1n) is 6.73.